The number of aromatic hydroxyl groups is 1. The van der Waals surface area contributed by atoms with Gasteiger partial charge in [0.1, 0.15) is 18.1 Å². The number of ketones is 1. The van der Waals surface area contributed by atoms with E-state index in [4.69, 9.17) is 14.9 Å². The van der Waals surface area contributed by atoms with Crippen molar-refractivity contribution >= 4 is 5.78 Å². The fourth-order valence-electron chi connectivity index (χ4n) is 3.43. The molecule has 0 radical (unpaired) electrons. The molecule has 0 saturated carbocycles. The minimum Gasteiger partial charge on any atom is -0.508 e. The quantitative estimate of drug-likeness (QED) is 0.567. The van der Waals surface area contributed by atoms with Crippen molar-refractivity contribution in [3.8, 4) is 11.5 Å². The van der Waals surface area contributed by atoms with Gasteiger partial charge in [0.15, 0.2) is 5.78 Å². The first-order valence-electron chi connectivity index (χ1n) is 10.0. The molecule has 0 aliphatic carbocycles. The topological polar surface area (TPSA) is 87.0 Å². The normalized spacial score (nSPS) is 11.3. The molecule has 0 bridgehead atoms. The SMILES string of the molecule is Cc1cc(OCC(=O)CC(CO)CO)cc(C)c1Cc1ccc(O)c(C(C)C)c1. The molecule has 0 heterocycles. The lowest BCUT2D eigenvalue weighted by atomic mass is 9.93. The third-order valence-electron chi connectivity index (χ3n) is 5.20. The van der Waals surface area contributed by atoms with Gasteiger partial charge in [0.25, 0.3) is 0 Å². The Balaban J connectivity index is 2.10. The molecule has 2 rings (SSSR count). The van der Waals surface area contributed by atoms with E-state index in [1.54, 1.807) is 6.07 Å². The van der Waals surface area contributed by atoms with E-state index >= 15 is 0 Å². The standard InChI is InChI=1S/C24H32O5/c1-15(2)22-10-18(5-6-24(22)28)11-23-16(3)7-21(8-17(23)4)29-14-20(27)9-19(12-25)13-26/h5-8,10,15,19,25-26,28H,9,11-14H2,1-4H3. The number of aliphatic hydroxyl groups is 2. The maximum absolute atomic E-state index is 12.0. The first-order valence-corrected chi connectivity index (χ1v) is 10.0. The van der Waals surface area contributed by atoms with Gasteiger partial charge in [-0.1, -0.05) is 26.0 Å². The second kappa shape index (κ2) is 10.4. The van der Waals surface area contributed by atoms with Gasteiger partial charge in [0.2, 0.25) is 0 Å². The van der Waals surface area contributed by atoms with Crippen molar-refractivity contribution in [3.05, 3.63) is 58.1 Å². The van der Waals surface area contributed by atoms with Crippen LogP contribution in [0.3, 0.4) is 0 Å². The molecule has 0 saturated heterocycles. The molecule has 5 heteroatoms. The summed E-state index contributed by atoms with van der Waals surface area (Å²) in [5.74, 6) is 0.632. The Bertz CT molecular complexity index is 814. The summed E-state index contributed by atoms with van der Waals surface area (Å²) in [5.41, 5.74) is 5.44. The largest absolute Gasteiger partial charge is 0.508 e. The van der Waals surface area contributed by atoms with E-state index in [0.717, 1.165) is 28.7 Å². The van der Waals surface area contributed by atoms with Crippen LogP contribution in [-0.4, -0.2) is 40.9 Å². The number of carbonyl (C=O) groups excluding carboxylic acids is 1. The van der Waals surface area contributed by atoms with Crippen molar-refractivity contribution in [1.82, 2.24) is 0 Å². The van der Waals surface area contributed by atoms with Gasteiger partial charge in [-0.15, -0.1) is 0 Å². The number of aryl methyl sites for hydroxylation is 2. The Morgan fingerprint density at radius 1 is 1.03 bits per heavy atom. The number of benzene rings is 2. The van der Waals surface area contributed by atoms with Gasteiger partial charge in [0.05, 0.1) is 0 Å². The Morgan fingerprint density at radius 2 is 1.66 bits per heavy atom. The van der Waals surface area contributed by atoms with Crippen LogP contribution in [0.15, 0.2) is 30.3 Å². The summed E-state index contributed by atoms with van der Waals surface area (Å²) in [4.78, 5) is 12.0. The highest BCUT2D eigenvalue weighted by Crippen LogP contribution is 2.29. The summed E-state index contributed by atoms with van der Waals surface area (Å²) >= 11 is 0. The van der Waals surface area contributed by atoms with E-state index in [-0.39, 0.29) is 37.9 Å². The molecule has 5 nitrogen and oxygen atoms in total. The molecule has 0 spiro atoms. The maximum atomic E-state index is 12.0. The van der Waals surface area contributed by atoms with Crippen molar-refractivity contribution in [1.29, 1.82) is 0 Å². The van der Waals surface area contributed by atoms with E-state index in [2.05, 4.69) is 19.9 Å². The minimum atomic E-state index is -0.432. The first kappa shape index (κ1) is 22.9. The van der Waals surface area contributed by atoms with Crippen LogP contribution in [-0.2, 0) is 11.2 Å². The van der Waals surface area contributed by atoms with Gasteiger partial charge < -0.3 is 20.1 Å². The number of Topliss-reactive ketones (excluding diaryl/α,β-unsaturated/α-hetero) is 1. The molecule has 0 fully saturated rings. The zero-order valence-corrected chi connectivity index (χ0v) is 17.7. The number of hydrogen-bond donors (Lipinski definition) is 3. The number of aliphatic hydroxyl groups excluding tert-OH is 2. The number of ether oxygens (including phenoxy) is 1. The number of phenols is 1. The second-order valence-corrected chi connectivity index (χ2v) is 8.02. The maximum Gasteiger partial charge on any atom is 0.170 e. The molecule has 0 aromatic heterocycles. The van der Waals surface area contributed by atoms with E-state index in [9.17, 15) is 9.90 Å². The van der Waals surface area contributed by atoms with Crippen molar-refractivity contribution in [2.45, 2.75) is 46.5 Å². The van der Waals surface area contributed by atoms with Crippen LogP contribution >= 0.6 is 0 Å². The van der Waals surface area contributed by atoms with Crippen molar-refractivity contribution in [2.24, 2.45) is 5.92 Å². The van der Waals surface area contributed by atoms with Gasteiger partial charge >= 0.3 is 0 Å². The lowest BCUT2D eigenvalue weighted by molar-refractivity contribution is -0.122. The summed E-state index contributed by atoms with van der Waals surface area (Å²) < 4.78 is 5.64. The second-order valence-electron chi connectivity index (χ2n) is 8.02. The smallest absolute Gasteiger partial charge is 0.170 e. The summed E-state index contributed by atoms with van der Waals surface area (Å²) in [7, 11) is 0. The number of phenolic OH excluding ortho intramolecular Hbond substituents is 1. The molecule has 29 heavy (non-hydrogen) atoms. The number of hydrogen-bond acceptors (Lipinski definition) is 5. The first-order chi connectivity index (χ1) is 13.7. The zero-order valence-electron chi connectivity index (χ0n) is 17.7. The van der Waals surface area contributed by atoms with Crippen LogP contribution in [0.2, 0.25) is 0 Å². The van der Waals surface area contributed by atoms with Gasteiger partial charge in [-0.05, 0) is 72.2 Å². The van der Waals surface area contributed by atoms with Crippen LogP contribution in [0, 0.1) is 19.8 Å². The average molecular weight is 401 g/mol. The Kier molecular flexibility index (Phi) is 8.23. The molecule has 3 N–H and O–H groups in total. The Hall–Kier alpha value is -2.37. The van der Waals surface area contributed by atoms with E-state index < -0.39 is 5.92 Å². The fourth-order valence-corrected chi connectivity index (χ4v) is 3.43. The molecule has 0 unspecified atom stereocenters. The van der Waals surface area contributed by atoms with E-state index in [0.29, 0.717) is 11.5 Å². The number of rotatable bonds is 10. The third-order valence-corrected chi connectivity index (χ3v) is 5.20. The molecule has 0 aliphatic heterocycles. The van der Waals surface area contributed by atoms with Crippen molar-refractivity contribution < 1.29 is 24.9 Å². The lowest BCUT2D eigenvalue weighted by Gasteiger charge is -2.16. The van der Waals surface area contributed by atoms with Crippen LogP contribution in [0.1, 0.15) is 54.0 Å². The lowest BCUT2D eigenvalue weighted by Crippen LogP contribution is -2.20. The van der Waals surface area contributed by atoms with Gasteiger partial charge in [-0.2, -0.15) is 0 Å². The highest BCUT2D eigenvalue weighted by atomic mass is 16.5. The number of carbonyl (C=O) groups is 1. The fraction of sp³-hybridized carbons (Fsp3) is 0.458. The van der Waals surface area contributed by atoms with Gasteiger partial charge in [0, 0.05) is 25.6 Å². The highest BCUT2D eigenvalue weighted by molar-refractivity contribution is 5.80. The molecule has 2 aromatic rings. The van der Waals surface area contributed by atoms with Gasteiger partial charge in [-0.3, -0.25) is 4.79 Å². The molecule has 0 aliphatic rings. The van der Waals surface area contributed by atoms with Crippen molar-refractivity contribution in [2.75, 3.05) is 19.8 Å². The average Bonchev–Trinajstić information content (AvgIpc) is 2.68. The van der Waals surface area contributed by atoms with Crippen LogP contribution in [0.5, 0.6) is 11.5 Å². The molecule has 2 aromatic carbocycles. The molecular formula is C24H32O5. The van der Waals surface area contributed by atoms with E-state index in [1.807, 2.05) is 32.0 Å². The predicted molar refractivity (Wildman–Crippen MR) is 114 cm³/mol. The monoisotopic (exact) mass is 400 g/mol. The van der Waals surface area contributed by atoms with Gasteiger partial charge in [-0.25, -0.2) is 0 Å². The van der Waals surface area contributed by atoms with Crippen molar-refractivity contribution in [3.63, 3.8) is 0 Å². The Labute approximate surface area is 173 Å². The highest BCUT2D eigenvalue weighted by Gasteiger charge is 2.14. The zero-order chi connectivity index (χ0) is 21.6. The summed E-state index contributed by atoms with van der Waals surface area (Å²) in [5, 5.41) is 28.2. The summed E-state index contributed by atoms with van der Waals surface area (Å²) in [6.45, 7) is 7.65. The molecule has 0 amide bonds. The minimum absolute atomic E-state index is 0.0789. The Morgan fingerprint density at radius 3 is 2.21 bits per heavy atom. The van der Waals surface area contributed by atoms with E-state index in [1.165, 1.54) is 5.56 Å². The third kappa shape index (κ3) is 6.31. The molecule has 158 valence electrons. The molecular weight excluding hydrogens is 368 g/mol. The predicted octanol–water partition coefficient (Wildman–Crippen LogP) is 3.66. The van der Waals surface area contributed by atoms with Crippen LogP contribution < -0.4 is 4.74 Å². The summed E-state index contributed by atoms with van der Waals surface area (Å²) in [6, 6.07) is 9.61. The van der Waals surface area contributed by atoms with Crippen LogP contribution in [0.25, 0.3) is 0 Å². The summed E-state index contributed by atoms with van der Waals surface area (Å²) in [6.07, 6.45) is 0.855. The molecule has 0 atom stereocenters. The van der Waals surface area contributed by atoms with Crippen LogP contribution in [0.4, 0.5) is 0 Å².